The van der Waals surface area contributed by atoms with E-state index in [0.717, 1.165) is 0 Å². The average Bonchev–Trinajstić information content (AvgIpc) is 2.96. The van der Waals surface area contributed by atoms with E-state index in [4.69, 9.17) is 0 Å². The topological polar surface area (TPSA) is 0 Å². The molecular formula is C24H3BF17-. The summed E-state index contributed by atoms with van der Waals surface area (Å²) in [6.07, 6.45) is -6.38. The molecule has 0 amide bonds. The van der Waals surface area contributed by atoms with Crippen molar-refractivity contribution in [2.75, 3.05) is 0 Å². The van der Waals surface area contributed by atoms with Gasteiger partial charge in [-0.15, -0.1) is 16.4 Å². The number of benzene rings is 4. The molecule has 0 atom stereocenters. The number of rotatable bonds is 4. The van der Waals surface area contributed by atoms with Crippen molar-refractivity contribution < 1.29 is 74.6 Å². The zero-order valence-corrected chi connectivity index (χ0v) is 19.2. The van der Waals surface area contributed by atoms with Gasteiger partial charge in [0.1, 0.15) is 46.9 Å². The van der Waals surface area contributed by atoms with Gasteiger partial charge in [-0.3, -0.25) is 0 Å². The quantitative estimate of drug-likeness (QED) is 0.123. The Morgan fingerprint density at radius 2 is 0.524 bits per heavy atom. The second kappa shape index (κ2) is 10.2. The molecule has 4 rings (SSSR count). The van der Waals surface area contributed by atoms with E-state index in [1.54, 1.807) is 0 Å². The fourth-order valence-electron chi connectivity index (χ4n) is 4.76. The van der Waals surface area contributed by atoms with Crippen LogP contribution in [0, 0.1) is 98.9 Å². The Balaban J connectivity index is 2.61. The van der Waals surface area contributed by atoms with Crippen molar-refractivity contribution in [3.63, 3.8) is 0 Å². The summed E-state index contributed by atoms with van der Waals surface area (Å²) in [6.45, 7) is 0. The summed E-state index contributed by atoms with van der Waals surface area (Å²) in [5.41, 5.74) is -11.6. The Labute approximate surface area is 220 Å². The van der Waals surface area contributed by atoms with Crippen LogP contribution in [0.2, 0.25) is 0 Å². The maximum absolute atomic E-state index is 15.3. The number of hydrogen-bond acceptors (Lipinski definition) is 0. The smallest absolute Gasteiger partial charge is 0.200 e. The van der Waals surface area contributed by atoms with Crippen LogP contribution in [0.5, 0.6) is 0 Å². The Kier molecular flexibility index (Phi) is 7.48. The van der Waals surface area contributed by atoms with Crippen molar-refractivity contribution in [1.82, 2.24) is 0 Å². The molecule has 0 aliphatic heterocycles. The standard InChI is InChI=1S/C24H3BF17/c26-5-3-1-2-4(9(5)27)25(6-10(28)16(34)22(40)17(35)11(6)29,7-12(30)18(36)23(41)19(37)13(7)31)8-14(32)20(38)24(42)21(39)15(8)33/h1-3H/q-1. The van der Waals surface area contributed by atoms with Gasteiger partial charge in [-0.05, 0) is 6.07 Å². The fraction of sp³-hybridized carbons (Fsp3) is 0. The van der Waals surface area contributed by atoms with Crippen molar-refractivity contribution in [1.29, 1.82) is 0 Å². The molecule has 0 fully saturated rings. The molecule has 0 bridgehead atoms. The molecule has 0 saturated carbocycles. The molecule has 0 aliphatic rings. The average molecular weight is 625 g/mol. The fourth-order valence-corrected chi connectivity index (χ4v) is 4.76. The van der Waals surface area contributed by atoms with Crippen LogP contribution >= 0.6 is 0 Å². The number of halogens is 17. The lowest BCUT2D eigenvalue weighted by atomic mass is 9.12. The van der Waals surface area contributed by atoms with Crippen LogP contribution in [0.1, 0.15) is 0 Å². The van der Waals surface area contributed by atoms with Crippen LogP contribution in [0.4, 0.5) is 74.6 Å². The molecule has 0 saturated heterocycles. The van der Waals surface area contributed by atoms with Gasteiger partial charge in [-0.2, -0.15) is 5.46 Å². The first-order valence-electron chi connectivity index (χ1n) is 10.6. The van der Waals surface area contributed by atoms with Gasteiger partial charge in [0.05, 0.1) is 0 Å². The Morgan fingerprint density at radius 1 is 0.286 bits per heavy atom. The van der Waals surface area contributed by atoms with Gasteiger partial charge in [0.2, 0.25) is 0 Å². The summed E-state index contributed by atoms with van der Waals surface area (Å²) in [6, 6.07) is 0.0796. The van der Waals surface area contributed by atoms with Crippen LogP contribution in [-0.4, -0.2) is 6.15 Å². The molecule has 0 spiro atoms. The van der Waals surface area contributed by atoms with E-state index in [2.05, 4.69) is 0 Å². The Hall–Kier alpha value is -4.25. The number of hydrogen-bond donors (Lipinski definition) is 0. The predicted octanol–water partition coefficient (Wildman–Crippen LogP) is 5.43. The third-order valence-corrected chi connectivity index (χ3v) is 6.48. The highest BCUT2D eigenvalue weighted by Crippen LogP contribution is 2.28. The van der Waals surface area contributed by atoms with Crippen LogP contribution in [0.25, 0.3) is 0 Å². The van der Waals surface area contributed by atoms with Gasteiger partial charge in [0.15, 0.2) is 58.2 Å². The van der Waals surface area contributed by atoms with Crippen LogP contribution < -0.4 is 21.9 Å². The monoisotopic (exact) mass is 625 g/mol. The van der Waals surface area contributed by atoms with E-state index >= 15 is 30.7 Å². The van der Waals surface area contributed by atoms with Gasteiger partial charge >= 0.3 is 0 Å². The third kappa shape index (κ3) is 3.86. The molecule has 222 valence electrons. The van der Waals surface area contributed by atoms with E-state index in [-0.39, 0.29) is 18.2 Å². The molecule has 0 nitrogen and oxygen atoms in total. The first-order chi connectivity index (χ1) is 19.5. The highest BCUT2D eigenvalue weighted by atomic mass is 19.2. The van der Waals surface area contributed by atoms with Gasteiger partial charge in [0, 0.05) is 0 Å². The van der Waals surface area contributed by atoms with Crippen molar-refractivity contribution >= 4 is 28.0 Å². The van der Waals surface area contributed by atoms with Gasteiger partial charge in [0.25, 0.3) is 0 Å². The third-order valence-electron chi connectivity index (χ3n) is 6.48. The normalized spacial score (nSPS) is 11.9. The van der Waals surface area contributed by atoms with Crippen molar-refractivity contribution in [2.24, 2.45) is 0 Å². The molecule has 18 heteroatoms. The first kappa shape index (κ1) is 30.7. The summed E-state index contributed by atoms with van der Waals surface area (Å²) < 4.78 is 250. The second-order valence-corrected chi connectivity index (χ2v) is 8.46. The maximum Gasteiger partial charge on any atom is 0.200 e. The summed E-state index contributed by atoms with van der Waals surface area (Å²) >= 11 is 0. The highest BCUT2D eigenvalue weighted by Gasteiger charge is 2.50. The minimum Gasteiger partial charge on any atom is -0.207 e. The molecule has 0 aromatic heterocycles. The molecule has 4 aromatic rings. The Morgan fingerprint density at radius 3 is 0.786 bits per heavy atom. The lowest BCUT2D eigenvalue weighted by molar-refractivity contribution is 0.379. The molecule has 0 unspecified atom stereocenters. The SMILES string of the molecule is Fc1cccc([B-](c2c(F)c(F)c(F)c(F)c2F)(c2c(F)c(F)c(F)c(F)c2F)c2c(F)c(F)c(F)c(F)c2F)c1F. The van der Waals surface area contributed by atoms with Crippen LogP contribution in [-0.2, 0) is 0 Å². The predicted molar refractivity (Wildman–Crippen MR) is 109 cm³/mol. The lowest BCUT2D eigenvalue weighted by Gasteiger charge is -2.44. The lowest BCUT2D eigenvalue weighted by Crippen LogP contribution is -2.80. The van der Waals surface area contributed by atoms with E-state index < -0.39 is 127 Å². The molecule has 42 heavy (non-hydrogen) atoms. The molecule has 0 N–H and O–H groups in total. The van der Waals surface area contributed by atoms with Gasteiger partial charge in [-0.1, -0.05) is 12.1 Å². The molecule has 0 radical (unpaired) electrons. The molecule has 4 aromatic carbocycles. The molecule has 0 heterocycles. The zero-order valence-electron chi connectivity index (χ0n) is 19.2. The van der Waals surface area contributed by atoms with Crippen molar-refractivity contribution in [2.45, 2.75) is 0 Å². The summed E-state index contributed by atoms with van der Waals surface area (Å²) in [7, 11) is 0. The van der Waals surface area contributed by atoms with E-state index in [1.165, 1.54) is 0 Å². The molecule has 0 aliphatic carbocycles. The Bertz CT molecular complexity index is 1560. The second-order valence-electron chi connectivity index (χ2n) is 8.46. The van der Waals surface area contributed by atoms with Crippen molar-refractivity contribution in [3.8, 4) is 0 Å². The van der Waals surface area contributed by atoms with Gasteiger partial charge in [-0.25, -0.2) is 74.6 Å². The summed E-state index contributed by atoms with van der Waals surface area (Å²) in [5, 5.41) is 0. The molecular weight excluding hydrogens is 622 g/mol. The van der Waals surface area contributed by atoms with Crippen LogP contribution in [0.3, 0.4) is 0 Å². The van der Waals surface area contributed by atoms with Crippen molar-refractivity contribution in [3.05, 3.63) is 117 Å². The van der Waals surface area contributed by atoms with E-state index in [9.17, 15) is 43.9 Å². The van der Waals surface area contributed by atoms with Gasteiger partial charge < -0.3 is 0 Å². The minimum absolute atomic E-state index is 0.0648. The highest BCUT2D eigenvalue weighted by molar-refractivity contribution is 7.20. The summed E-state index contributed by atoms with van der Waals surface area (Å²) in [4.78, 5) is 0. The largest absolute Gasteiger partial charge is 0.207 e. The first-order valence-corrected chi connectivity index (χ1v) is 10.6. The minimum atomic E-state index is -6.38. The summed E-state index contributed by atoms with van der Waals surface area (Å²) in [5.74, 6) is -54.0. The zero-order chi connectivity index (χ0) is 31.7. The maximum atomic E-state index is 15.3. The van der Waals surface area contributed by atoms with E-state index in [0.29, 0.717) is 0 Å². The van der Waals surface area contributed by atoms with E-state index in [1.807, 2.05) is 0 Å². The van der Waals surface area contributed by atoms with Crippen LogP contribution in [0.15, 0.2) is 18.2 Å².